The minimum atomic E-state index is -1.84. The highest BCUT2D eigenvalue weighted by Crippen LogP contribution is 2.10. The lowest BCUT2D eigenvalue weighted by molar-refractivity contribution is 0.102. The van der Waals surface area contributed by atoms with Crippen molar-refractivity contribution >= 4 is 24.3 Å². The first-order valence-corrected chi connectivity index (χ1v) is 5.46. The predicted molar refractivity (Wildman–Crippen MR) is 67.5 cm³/mol. The Bertz CT molecular complexity index is 601. The fourth-order valence-electron chi connectivity index (χ4n) is 1.62. The summed E-state index contributed by atoms with van der Waals surface area (Å²) in [6.07, 6.45) is 1.45. The molecule has 1 amide bonds. The molecule has 2 rings (SSSR count). The van der Waals surface area contributed by atoms with Gasteiger partial charge in [0.15, 0.2) is 0 Å². The number of H-pyrrole nitrogens is 1. The van der Waals surface area contributed by atoms with E-state index in [9.17, 15) is 9.18 Å². The normalized spacial score (nSPS) is 10.3. The summed E-state index contributed by atoms with van der Waals surface area (Å²) >= 11 is 0. The van der Waals surface area contributed by atoms with Crippen LogP contribution >= 0.6 is 0 Å². The number of benzene rings is 1. The quantitative estimate of drug-likeness (QED) is 0.576. The second-order valence-corrected chi connectivity index (χ2v) is 3.97. The largest absolute Gasteiger partial charge is 0.488 e. The number of hydrogen-bond acceptors (Lipinski definition) is 4. The third-order valence-corrected chi connectivity index (χ3v) is 2.67. The molecule has 0 unspecified atom stereocenters. The Morgan fingerprint density at radius 3 is 2.79 bits per heavy atom. The van der Waals surface area contributed by atoms with Gasteiger partial charge in [-0.3, -0.25) is 9.89 Å². The van der Waals surface area contributed by atoms with Crippen LogP contribution in [0.25, 0.3) is 0 Å². The number of carbonyl (C=O) groups is 1. The summed E-state index contributed by atoms with van der Waals surface area (Å²) in [6, 6.07) is 3.80. The first-order valence-electron chi connectivity index (χ1n) is 5.46. The fourth-order valence-corrected chi connectivity index (χ4v) is 1.62. The van der Waals surface area contributed by atoms with E-state index in [2.05, 4.69) is 15.5 Å². The average molecular weight is 263 g/mol. The number of hydrogen-bond donors (Lipinski definition) is 4. The molecular weight excluding hydrogens is 252 g/mol. The number of aromatic amines is 1. The van der Waals surface area contributed by atoms with Crippen LogP contribution in [-0.2, 0) is 0 Å². The molecule has 1 aromatic carbocycles. The second-order valence-electron chi connectivity index (χ2n) is 3.97. The van der Waals surface area contributed by atoms with Crippen LogP contribution in [0.4, 0.5) is 10.2 Å². The molecule has 1 heterocycles. The molecule has 0 fully saturated rings. The van der Waals surface area contributed by atoms with Crippen LogP contribution in [0.1, 0.15) is 15.9 Å². The molecule has 0 radical (unpaired) electrons. The maximum atomic E-state index is 13.6. The van der Waals surface area contributed by atoms with Gasteiger partial charge >= 0.3 is 7.12 Å². The molecule has 0 aliphatic heterocycles. The van der Waals surface area contributed by atoms with Gasteiger partial charge in [-0.2, -0.15) is 5.10 Å². The zero-order chi connectivity index (χ0) is 14.0. The van der Waals surface area contributed by atoms with Gasteiger partial charge in [0.05, 0.1) is 6.20 Å². The van der Waals surface area contributed by atoms with Crippen molar-refractivity contribution in [2.75, 3.05) is 5.32 Å². The van der Waals surface area contributed by atoms with Gasteiger partial charge in [0.2, 0.25) is 0 Å². The monoisotopic (exact) mass is 263 g/mol. The SMILES string of the molecule is Cc1c(F)cc(C(=O)Nc2ccn[nH]2)cc1B(O)O. The summed E-state index contributed by atoms with van der Waals surface area (Å²) in [5, 5.41) is 26.9. The molecular formula is C11H11BFN3O3. The first kappa shape index (κ1) is 13.3. The van der Waals surface area contributed by atoms with Gasteiger partial charge in [-0.1, -0.05) is 0 Å². The van der Waals surface area contributed by atoms with Gasteiger partial charge in [-0.05, 0) is 30.1 Å². The molecule has 19 heavy (non-hydrogen) atoms. The molecule has 0 saturated heterocycles. The summed E-state index contributed by atoms with van der Waals surface area (Å²) in [5.41, 5.74) is 0.0312. The lowest BCUT2D eigenvalue weighted by Crippen LogP contribution is -2.34. The number of nitrogens with zero attached hydrogens (tertiary/aromatic N) is 1. The van der Waals surface area contributed by atoms with E-state index in [1.807, 2.05) is 0 Å². The van der Waals surface area contributed by atoms with E-state index in [0.29, 0.717) is 5.82 Å². The number of anilines is 1. The van der Waals surface area contributed by atoms with Crippen molar-refractivity contribution in [2.24, 2.45) is 0 Å². The molecule has 0 saturated carbocycles. The fraction of sp³-hybridized carbons (Fsp3) is 0.0909. The predicted octanol–water partition coefficient (Wildman–Crippen LogP) is -0.211. The Morgan fingerprint density at radius 2 is 2.21 bits per heavy atom. The molecule has 8 heteroatoms. The zero-order valence-corrected chi connectivity index (χ0v) is 10.0. The van der Waals surface area contributed by atoms with Crippen LogP contribution in [0, 0.1) is 12.7 Å². The zero-order valence-electron chi connectivity index (χ0n) is 10.0. The second kappa shape index (κ2) is 5.21. The van der Waals surface area contributed by atoms with Crippen LogP contribution in [0.2, 0.25) is 0 Å². The van der Waals surface area contributed by atoms with Crippen molar-refractivity contribution in [3.8, 4) is 0 Å². The lowest BCUT2D eigenvalue weighted by atomic mass is 9.76. The van der Waals surface area contributed by atoms with E-state index in [1.54, 1.807) is 0 Å². The first-order chi connectivity index (χ1) is 8.99. The molecule has 4 N–H and O–H groups in total. The van der Waals surface area contributed by atoms with E-state index < -0.39 is 18.8 Å². The van der Waals surface area contributed by atoms with Gasteiger partial charge in [-0.15, -0.1) is 0 Å². The highest BCUT2D eigenvalue weighted by Gasteiger charge is 2.20. The van der Waals surface area contributed by atoms with Gasteiger partial charge < -0.3 is 15.4 Å². The van der Waals surface area contributed by atoms with Crippen molar-refractivity contribution in [2.45, 2.75) is 6.92 Å². The van der Waals surface area contributed by atoms with E-state index in [-0.39, 0.29) is 16.6 Å². The van der Waals surface area contributed by atoms with Gasteiger partial charge in [0.25, 0.3) is 5.91 Å². The van der Waals surface area contributed by atoms with Crippen LogP contribution in [0.5, 0.6) is 0 Å². The molecule has 0 spiro atoms. The minimum absolute atomic E-state index is 0.0131. The molecule has 0 bridgehead atoms. The van der Waals surface area contributed by atoms with Gasteiger partial charge in [0, 0.05) is 11.6 Å². The third kappa shape index (κ3) is 2.80. The number of nitrogens with one attached hydrogen (secondary N) is 2. The molecule has 2 aromatic rings. The minimum Gasteiger partial charge on any atom is -0.423 e. The maximum Gasteiger partial charge on any atom is 0.488 e. The average Bonchev–Trinajstić information content (AvgIpc) is 2.84. The highest BCUT2D eigenvalue weighted by molar-refractivity contribution is 6.59. The van der Waals surface area contributed by atoms with Crippen molar-refractivity contribution < 1.29 is 19.2 Å². The molecule has 0 atom stereocenters. The topological polar surface area (TPSA) is 98.2 Å². The van der Waals surface area contributed by atoms with E-state index in [0.717, 1.165) is 6.07 Å². The van der Waals surface area contributed by atoms with Crippen LogP contribution in [-0.4, -0.2) is 33.3 Å². The van der Waals surface area contributed by atoms with Crippen molar-refractivity contribution in [1.82, 2.24) is 10.2 Å². The molecule has 98 valence electrons. The van der Waals surface area contributed by atoms with E-state index >= 15 is 0 Å². The number of aromatic nitrogens is 2. The Labute approximate surface area is 108 Å². The molecule has 0 aliphatic rings. The van der Waals surface area contributed by atoms with E-state index in [1.165, 1.54) is 25.3 Å². The van der Waals surface area contributed by atoms with Crippen molar-refractivity contribution in [1.29, 1.82) is 0 Å². The van der Waals surface area contributed by atoms with Crippen LogP contribution in [0.15, 0.2) is 24.4 Å². The summed E-state index contributed by atoms with van der Waals surface area (Å²) < 4.78 is 13.6. The summed E-state index contributed by atoms with van der Waals surface area (Å²) in [4.78, 5) is 11.9. The lowest BCUT2D eigenvalue weighted by Gasteiger charge is -2.09. The molecule has 6 nitrogen and oxygen atoms in total. The van der Waals surface area contributed by atoms with Gasteiger partial charge in [0.1, 0.15) is 11.6 Å². The Balaban J connectivity index is 2.32. The Morgan fingerprint density at radius 1 is 1.47 bits per heavy atom. The highest BCUT2D eigenvalue weighted by atomic mass is 19.1. The maximum absolute atomic E-state index is 13.6. The summed E-state index contributed by atoms with van der Waals surface area (Å²) in [6.45, 7) is 1.40. The smallest absolute Gasteiger partial charge is 0.423 e. The number of rotatable bonds is 3. The Hall–Kier alpha value is -2.19. The van der Waals surface area contributed by atoms with Crippen molar-refractivity contribution in [3.05, 3.63) is 41.3 Å². The summed E-state index contributed by atoms with van der Waals surface area (Å²) in [7, 11) is -1.84. The van der Waals surface area contributed by atoms with E-state index in [4.69, 9.17) is 10.0 Å². The molecule has 1 aromatic heterocycles. The summed E-state index contributed by atoms with van der Waals surface area (Å²) in [5.74, 6) is -0.900. The van der Waals surface area contributed by atoms with Crippen LogP contribution < -0.4 is 10.8 Å². The number of carbonyl (C=O) groups excluding carboxylic acids is 1. The van der Waals surface area contributed by atoms with Gasteiger partial charge in [-0.25, -0.2) is 4.39 Å². The van der Waals surface area contributed by atoms with Crippen LogP contribution in [0.3, 0.4) is 0 Å². The number of amides is 1. The molecule has 0 aliphatic carbocycles. The Kier molecular flexibility index (Phi) is 3.63. The number of halogens is 1. The standard InChI is InChI=1S/C11H11BFN3O3/c1-6-8(12(18)19)4-7(5-9(6)13)11(17)15-10-2-3-14-16-10/h2-5,18-19H,1H3,(H2,14,15,16,17). The third-order valence-electron chi connectivity index (χ3n) is 2.67. The van der Waals surface area contributed by atoms with Crippen molar-refractivity contribution in [3.63, 3.8) is 0 Å².